The van der Waals surface area contributed by atoms with Gasteiger partial charge >= 0.3 is 11.4 Å². The van der Waals surface area contributed by atoms with E-state index in [0.717, 1.165) is 0 Å². The second-order valence-corrected chi connectivity index (χ2v) is 11.7. The highest BCUT2D eigenvalue weighted by molar-refractivity contribution is 6.11. The lowest BCUT2D eigenvalue weighted by Gasteiger charge is -2.12. The number of benzene rings is 4. The predicted octanol–water partition coefficient (Wildman–Crippen LogP) is 4.84. The average molecular weight is 733 g/mol. The number of H-pyrrole nitrogens is 4. The number of rotatable bonds is 15. The number of aromatic nitrogens is 4. The van der Waals surface area contributed by atoms with Gasteiger partial charge in [-0.25, -0.2) is 9.59 Å². The van der Waals surface area contributed by atoms with Crippen molar-refractivity contribution in [3.8, 4) is 11.5 Å². The maximum absolute atomic E-state index is 13.0. The Hall–Kier alpha value is -7.50. The molecule has 0 fully saturated rings. The van der Waals surface area contributed by atoms with Gasteiger partial charge in [0.2, 0.25) is 12.1 Å². The predicted molar refractivity (Wildman–Crippen MR) is 197 cm³/mol. The molecule has 0 saturated carbocycles. The number of hydrogen-bond acceptors (Lipinski definition) is 12. The zero-order valence-corrected chi connectivity index (χ0v) is 28.7. The molecule has 18 heteroatoms. The van der Waals surface area contributed by atoms with Crippen LogP contribution < -0.4 is 31.5 Å². The number of amides is 2. The standard InChI is InChI=1S/C36H32N10O8/c1-19(47)31(33(49)37-21-11-13-23-27(17-21)41-35(51)39-23)45-43-25-7-3-5-9-29(25)53-15-16-54-30-10-6-4-8-26(30)44-46-32(20(2)48)34(50)38-22-12-14-24-28(18-22)42-36(52)40-24/h3-14,17-18,31-32H,15-16H2,1-2H3,(H,37,49)(H,38,50)(H2,39,41,51)(H2,40,42,52)/b45-43+,46-44+. The average Bonchev–Trinajstić information content (AvgIpc) is 3.70. The van der Waals surface area contributed by atoms with Gasteiger partial charge in [-0.1, -0.05) is 24.3 Å². The van der Waals surface area contributed by atoms with Crippen LogP contribution in [0.2, 0.25) is 0 Å². The fourth-order valence-corrected chi connectivity index (χ4v) is 5.15. The summed E-state index contributed by atoms with van der Waals surface area (Å²) < 4.78 is 11.7. The lowest BCUT2D eigenvalue weighted by molar-refractivity contribution is -0.127. The van der Waals surface area contributed by atoms with Gasteiger partial charge in [-0.2, -0.15) is 20.5 Å². The maximum Gasteiger partial charge on any atom is 0.323 e. The summed E-state index contributed by atoms with van der Waals surface area (Å²) in [7, 11) is 0. The van der Waals surface area contributed by atoms with E-state index in [9.17, 15) is 28.8 Å². The molecular formula is C36H32N10O8. The Morgan fingerprint density at radius 3 is 1.37 bits per heavy atom. The second kappa shape index (κ2) is 16.2. The highest BCUT2D eigenvalue weighted by Crippen LogP contribution is 2.30. The number of ketones is 2. The molecular weight excluding hydrogens is 700 g/mol. The molecule has 274 valence electrons. The van der Waals surface area contributed by atoms with Crippen molar-refractivity contribution >= 4 is 68.2 Å². The minimum atomic E-state index is -1.46. The fourth-order valence-electron chi connectivity index (χ4n) is 5.15. The molecule has 2 aromatic heterocycles. The van der Waals surface area contributed by atoms with Crippen LogP contribution in [0.15, 0.2) is 115 Å². The molecule has 6 N–H and O–H groups in total. The van der Waals surface area contributed by atoms with Crippen LogP contribution in [0, 0.1) is 0 Å². The van der Waals surface area contributed by atoms with Gasteiger partial charge in [0.1, 0.15) is 36.1 Å². The summed E-state index contributed by atoms with van der Waals surface area (Å²) in [6.45, 7) is 2.51. The summed E-state index contributed by atoms with van der Waals surface area (Å²) in [6.07, 6.45) is 0. The zero-order valence-electron chi connectivity index (χ0n) is 28.7. The van der Waals surface area contributed by atoms with Crippen molar-refractivity contribution in [1.29, 1.82) is 0 Å². The molecule has 0 aliphatic heterocycles. The van der Waals surface area contributed by atoms with Crippen molar-refractivity contribution in [1.82, 2.24) is 19.9 Å². The third kappa shape index (κ3) is 8.86. The van der Waals surface area contributed by atoms with Crippen LogP contribution in [-0.2, 0) is 19.2 Å². The smallest absolute Gasteiger partial charge is 0.323 e. The van der Waals surface area contributed by atoms with E-state index in [2.05, 4.69) is 51.0 Å². The van der Waals surface area contributed by atoms with Crippen LogP contribution in [0.5, 0.6) is 11.5 Å². The number of carbonyl (C=O) groups is 4. The number of Topliss-reactive ketones (excluding diaryl/α,β-unsaturated/α-hetero) is 2. The molecule has 2 unspecified atom stereocenters. The van der Waals surface area contributed by atoms with Crippen molar-refractivity contribution in [3.63, 3.8) is 0 Å². The van der Waals surface area contributed by atoms with Gasteiger partial charge in [0.15, 0.2) is 11.6 Å². The first-order valence-corrected chi connectivity index (χ1v) is 16.4. The largest absolute Gasteiger partial charge is 0.488 e. The molecule has 2 amide bonds. The first-order chi connectivity index (χ1) is 26.0. The van der Waals surface area contributed by atoms with E-state index in [1.54, 1.807) is 84.9 Å². The normalized spacial score (nSPS) is 12.6. The SMILES string of the molecule is CC(=O)C(/N=N/c1ccccc1OCCOc1ccccc1/N=N/C(C(C)=O)C(=O)Nc1ccc2[nH]c(=O)[nH]c2c1)C(=O)Nc1ccc2[nH]c(=O)[nH]c2c1. The van der Waals surface area contributed by atoms with E-state index >= 15 is 0 Å². The van der Waals surface area contributed by atoms with Crippen molar-refractivity contribution < 1.29 is 28.7 Å². The number of carbonyl (C=O) groups excluding carboxylic acids is 4. The lowest BCUT2D eigenvalue weighted by atomic mass is 10.2. The summed E-state index contributed by atoms with van der Waals surface area (Å²) in [4.78, 5) is 84.2. The number of aromatic amines is 4. The Labute approximate surface area is 304 Å². The maximum atomic E-state index is 13.0. The van der Waals surface area contributed by atoms with E-state index in [1.165, 1.54) is 13.8 Å². The third-order valence-electron chi connectivity index (χ3n) is 7.72. The molecule has 4 aromatic carbocycles. The van der Waals surface area contributed by atoms with Gasteiger partial charge in [-0.3, -0.25) is 19.2 Å². The van der Waals surface area contributed by atoms with Crippen LogP contribution in [0.3, 0.4) is 0 Å². The van der Waals surface area contributed by atoms with Crippen LogP contribution in [0.25, 0.3) is 22.1 Å². The number of para-hydroxylation sites is 2. The number of ether oxygens (including phenoxy) is 2. The number of hydrogen-bond donors (Lipinski definition) is 6. The lowest BCUT2D eigenvalue weighted by Crippen LogP contribution is -2.31. The van der Waals surface area contributed by atoms with Gasteiger partial charge < -0.3 is 40.0 Å². The first-order valence-electron chi connectivity index (χ1n) is 16.4. The van der Waals surface area contributed by atoms with E-state index in [4.69, 9.17) is 9.47 Å². The topological polar surface area (TPSA) is 258 Å². The molecule has 6 rings (SSSR count). The molecule has 0 spiro atoms. The van der Waals surface area contributed by atoms with Crippen LogP contribution in [-0.4, -0.2) is 68.6 Å². The Bertz CT molecular complexity index is 2370. The van der Waals surface area contributed by atoms with Crippen molar-refractivity contribution in [2.75, 3.05) is 23.8 Å². The van der Waals surface area contributed by atoms with Gasteiger partial charge in [0.05, 0.1) is 22.1 Å². The summed E-state index contributed by atoms with van der Waals surface area (Å²) in [5.41, 5.74) is 2.50. The Balaban J connectivity index is 1.06. The van der Waals surface area contributed by atoms with Crippen molar-refractivity contribution in [2.24, 2.45) is 20.5 Å². The summed E-state index contributed by atoms with van der Waals surface area (Å²) in [6, 6.07) is 19.8. The third-order valence-corrected chi connectivity index (χ3v) is 7.72. The number of azo groups is 2. The van der Waals surface area contributed by atoms with Crippen molar-refractivity contribution in [2.45, 2.75) is 25.9 Å². The Kier molecular flexibility index (Phi) is 10.9. The molecule has 0 radical (unpaired) electrons. The quantitative estimate of drug-likeness (QED) is 0.0482. The molecule has 0 aliphatic rings. The number of nitrogens with zero attached hydrogens (tertiary/aromatic N) is 4. The molecule has 54 heavy (non-hydrogen) atoms. The summed E-state index contributed by atoms with van der Waals surface area (Å²) in [5.74, 6) is -1.90. The van der Waals surface area contributed by atoms with Crippen LogP contribution >= 0.6 is 0 Å². The molecule has 0 aliphatic carbocycles. The summed E-state index contributed by atoms with van der Waals surface area (Å²) >= 11 is 0. The monoisotopic (exact) mass is 732 g/mol. The van der Waals surface area contributed by atoms with E-state index in [1.807, 2.05) is 0 Å². The van der Waals surface area contributed by atoms with E-state index in [0.29, 0.717) is 44.9 Å². The van der Waals surface area contributed by atoms with Gasteiger partial charge in [0.25, 0.3) is 11.8 Å². The van der Waals surface area contributed by atoms with Gasteiger partial charge in [-0.05, 0) is 74.5 Å². The van der Waals surface area contributed by atoms with Crippen LogP contribution in [0.4, 0.5) is 22.7 Å². The molecule has 0 saturated heterocycles. The second-order valence-electron chi connectivity index (χ2n) is 11.7. The highest BCUT2D eigenvalue weighted by Gasteiger charge is 2.25. The van der Waals surface area contributed by atoms with E-state index in [-0.39, 0.29) is 24.6 Å². The van der Waals surface area contributed by atoms with E-state index < -0.39 is 46.8 Å². The number of nitrogens with one attached hydrogen (secondary N) is 6. The molecule has 2 heterocycles. The Morgan fingerprint density at radius 2 is 0.963 bits per heavy atom. The fraction of sp³-hybridized carbons (Fsp3) is 0.167. The minimum absolute atomic E-state index is 0.0353. The molecule has 0 bridgehead atoms. The minimum Gasteiger partial charge on any atom is -0.488 e. The Morgan fingerprint density at radius 1 is 0.574 bits per heavy atom. The number of fused-ring (bicyclic) bond motifs is 2. The molecule has 2 atom stereocenters. The highest BCUT2D eigenvalue weighted by atomic mass is 16.5. The number of imidazole rings is 2. The number of anilines is 2. The molecule has 6 aromatic rings. The molecule has 18 nitrogen and oxygen atoms in total. The summed E-state index contributed by atoms with van der Waals surface area (Å²) in [5, 5.41) is 21.5. The van der Waals surface area contributed by atoms with Crippen molar-refractivity contribution in [3.05, 3.63) is 106 Å². The van der Waals surface area contributed by atoms with Gasteiger partial charge in [-0.15, -0.1) is 0 Å². The first kappa shape index (κ1) is 36.3. The van der Waals surface area contributed by atoms with Crippen LogP contribution in [0.1, 0.15) is 13.8 Å². The zero-order chi connectivity index (χ0) is 38.2. The van der Waals surface area contributed by atoms with Gasteiger partial charge in [0, 0.05) is 11.4 Å².